The molecule has 1 aliphatic heterocycles. The first-order valence-electron chi connectivity index (χ1n) is 9.42. The van der Waals surface area contributed by atoms with E-state index in [0.29, 0.717) is 5.82 Å². The van der Waals surface area contributed by atoms with Crippen LogP contribution in [0.4, 0.5) is 23.8 Å². The van der Waals surface area contributed by atoms with E-state index in [2.05, 4.69) is 15.5 Å². The predicted molar refractivity (Wildman–Crippen MR) is 107 cm³/mol. The molecular weight excluding hydrogens is 437 g/mol. The van der Waals surface area contributed by atoms with Crippen molar-refractivity contribution in [2.24, 2.45) is 0 Å². The molecule has 3 N–H and O–H groups in total. The van der Waals surface area contributed by atoms with Gasteiger partial charge in [-0.3, -0.25) is 10.4 Å². The van der Waals surface area contributed by atoms with E-state index in [1.165, 1.54) is 11.1 Å². The van der Waals surface area contributed by atoms with Crippen molar-refractivity contribution in [2.75, 3.05) is 18.4 Å². The fourth-order valence-electron chi connectivity index (χ4n) is 3.56. The van der Waals surface area contributed by atoms with E-state index in [4.69, 9.17) is 16.4 Å². The van der Waals surface area contributed by atoms with Gasteiger partial charge in [-0.25, -0.2) is 4.79 Å². The van der Waals surface area contributed by atoms with Crippen LogP contribution < -0.4 is 5.32 Å². The molecule has 2 heterocycles. The van der Waals surface area contributed by atoms with Gasteiger partial charge in [0.2, 0.25) is 0 Å². The number of carbonyl (C=O) groups excluding carboxylic acids is 1. The number of para-hydroxylation sites is 1. The lowest BCUT2D eigenvalue weighted by Gasteiger charge is -2.37. The molecule has 1 aromatic heterocycles. The van der Waals surface area contributed by atoms with Crippen LogP contribution >= 0.6 is 11.6 Å². The van der Waals surface area contributed by atoms with Crippen LogP contribution in [0.15, 0.2) is 42.5 Å². The Kier molecular flexibility index (Phi) is 5.54. The molecule has 1 fully saturated rings. The molecule has 0 atom stereocenters. The molecule has 0 aliphatic carbocycles. The first-order chi connectivity index (χ1) is 14.7. The number of hydrogen-bond donors (Lipinski definition) is 3. The summed E-state index contributed by atoms with van der Waals surface area (Å²) in [5.41, 5.74) is -1.61. The van der Waals surface area contributed by atoms with E-state index in [1.54, 1.807) is 12.1 Å². The van der Waals surface area contributed by atoms with Gasteiger partial charge in [0.15, 0.2) is 5.82 Å². The number of rotatable bonds is 3. The molecule has 31 heavy (non-hydrogen) atoms. The Balaban J connectivity index is 1.39. The van der Waals surface area contributed by atoms with Crippen LogP contribution in [-0.2, 0) is 16.6 Å². The van der Waals surface area contributed by atoms with Gasteiger partial charge in [-0.1, -0.05) is 29.8 Å². The van der Waals surface area contributed by atoms with Crippen LogP contribution in [0.2, 0.25) is 5.02 Å². The lowest BCUT2D eigenvalue weighted by molar-refractivity contribution is -0.149. The molecule has 7 nitrogen and oxygen atoms in total. The van der Waals surface area contributed by atoms with Crippen LogP contribution in [0.5, 0.6) is 0 Å². The lowest BCUT2D eigenvalue weighted by atomic mass is 9.84. The van der Waals surface area contributed by atoms with Crippen LogP contribution in [0, 0.1) is 0 Å². The van der Waals surface area contributed by atoms with Gasteiger partial charge in [-0.05, 0) is 42.7 Å². The number of benzene rings is 2. The number of halogens is 4. The number of nitrogens with zero attached hydrogens (tertiary/aromatic N) is 2. The molecule has 4 rings (SSSR count). The molecule has 164 valence electrons. The smallest absolute Gasteiger partial charge is 0.385 e. The average Bonchev–Trinajstić information content (AvgIpc) is 3.12. The molecular formula is C20H18ClF3N4O3. The van der Waals surface area contributed by atoms with Gasteiger partial charge in [0.05, 0.1) is 21.7 Å². The first kappa shape index (κ1) is 21.4. The number of alkyl halides is 3. The Morgan fingerprint density at radius 3 is 2.65 bits per heavy atom. The number of H-pyrrole nitrogens is 1. The second kappa shape index (κ2) is 8.03. The summed E-state index contributed by atoms with van der Waals surface area (Å²) < 4.78 is 39.4. The summed E-state index contributed by atoms with van der Waals surface area (Å²) in [7, 11) is 0. The van der Waals surface area contributed by atoms with Crippen molar-refractivity contribution >= 4 is 34.4 Å². The zero-order valence-electron chi connectivity index (χ0n) is 16.0. The summed E-state index contributed by atoms with van der Waals surface area (Å²) in [5, 5.41) is 21.9. The second-order valence-corrected chi connectivity index (χ2v) is 7.68. The van der Waals surface area contributed by atoms with Crippen molar-refractivity contribution in [1.29, 1.82) is 0 Å². The molecule has 1 aliphatic rings. The zero-order valence-corrected chi connectivity index (χ0v) is 16.8. The number of aromatic amines is 1. The fourth-order valence-corrected chi connectivity index (χ4v) is 3.79. The number of piperidine rings is 1. The molecule has 0 saturated carbocycles. The van der Waals surface area contributed by atoms with Crippen LogP contribution in [0.25, 0.3) is 10.9 Å². The quantitative estimate of drug-likeness (QED) is 0.534. The highest BCUT2D eigenvalue weighted by atomic mass is 35.5. The Morgan fingerprint density at radius 1 is 1.23 bits per heavy atom. The molecule has 0 spiro atoms. The molecule has 3 aromatic rings. The van der Waals surface area contributed by atoms with Crippen molar-refractivity contribution < 1.29 is 27.9 Å². The molecule has 1 saturated heterocycles. The number of anilines is 1. The number of hydroxylamine groups is 2. The van der Waals surface area contributed by atoms with Crippen molar-refractivity contribution in [2.45, 2.75) is 24.6 Å². The normalized spacial score (nSPS) is 16.9. The standard InChI is InChI=1S/C20H18ClF3N4O3/c21-15-6-5-12(11-14(15)20(22,23)24)19(30)7-9-28(10-8-19)31-18(29)25-17-13-3-1-2-4-16(13)26-27-17/h1-6,11,30H,7-10H2,(H2,25,26,27,29). The largest absolute Gasteiger partial charge is 0.432 e. The highest BCUT2D eigenvalue weighted by Crippen LogP contribution is 2.40. The van der Waals surface area contributed by atoms with E-state index in [9.17, 15) is 23.1 Å². The summed E-state index contributed by atoms with van der Waals surface area (Å²) in [6.07, 6.45) is -5.23. The van der Waals surface area contributed by atoms with E-state index >= 15 is 0 Å². The average molecular weight is 455 g/mol. The number of carbonyl (C=O) groups is 1. The lowest BCUT2D eigenvalue weighted by Crippen LogP contribution is -2.44. The number of aromatic nitrogens is 2. The van der Waals surface area contributed by atoms with Gasteiger partial charge in [0.25, 0.3) is 0 Å². The zero-order chi connectivity index (χ0) is 22.2. The van der Waals surface area contributed by atoms with Crippen LogP contribution in [0.1, 0.15) is 24.0 Å². The Hall–Kier alpha value is -2.82. The van der Waals surface area contributed by atoms with E-state index < -0.39 is 28.5 Å². The van der Waals surface area contributed by atoms with Crippen molar-refractivity contribution in [3.63, 3.8) is 0 Å². The van der Waals surface area contributed by atoms with Crippen molar-refractivity contribution in [1.82, 2.24) is 15.3 Å². The third-order valence-corrected chi connectivity index (χ3v) is 5.59. The van der Waals surface area contributed by atoms with Gasteiger partial charge in [0.1, 0.15) is 0 Å². The van der Waals surface area contributed by atoms with Gasteiger partial charge >= 0.3 is 12.3 Å². The summed E-state index contributed by atoms with van der Waals surface area (Å²) >= 11 is 5.66. The third kappa shape index (κ3) is 4.46. The number of nitrogens with one attached hydrogen (secondary N) is 2. The minimum atomic E-state index is -4.62. The molecule has 11 heteroatoms. The van der Waals surface area contributed by atoms with E-state index in [0.717, 1.165) is 23.0 Å². The summed E-state index contributed by atoms with van der Waals surface area (Å²) in [5.74, 6) is 0.315. The number of aliphatic hydroxyl groups is 1. The minimum absolute atomic E-state index is 0.0740. The highest BCUT2D eigenvalue weighted by Gasteiger charge is 2.39. The maximum absolute atomic E-state index is 13.1. The maximum Gasteiger partial charge on any atom is 0.432 e. The first-order valence-corrected chi connectivity index (χ1v) is 9.80. The van der Waals surface area contributed by atoms with Crippen LogP contribution in [-0.4, -0.2) is 39.5 Å². The molecule has 1 amide bonds. The summed E-state index contributed by atoms with van der Waals surface area (Å²) in [6, 6.07) is 10.6. The SMILES string of the molecule is O=C(Nc1n[nH]c2ccccc12)ON1CCC(O)(c2ccc(Cl)c(C(F)(F)F)c2)CC1. The second-order valence-electron chi connectivity index (χ2n) is 7.27. The van der Waals surface area contributed by atoms with Gasteiger partial charge < -0.3 is 9.94 Å². The van der Waals surface area contributed by atoms with Gasteiger partial charge in [-0.15, -0.1) is 5.06 Å². The Morgan fingerprint density at radius 2 is 1.94 bits per heavy atom. The van der Waals surface area contributed by atoms with Gasteiger partial charge in [-0.2, -0.15) is 18.3 Å². The minimum Gasteiger partial charge on any atom is -0.385 e. The van der Waals surface area contributed by atoms with E-state index in [-0.39, 0.29) is 31.5 Å². The predicted octanol–water partition coefficient (Wildman–Crippen LogP) is 4.68. The molecule has 0 unspecified atom stereocenters. The summed E-state index contributed by atoms with van der Waals surface area (Å²) in [4.78, 5) is 17.5. The topological polar surface area (TPSA) is 90.5 Å². The maximum atomic E-state index is 13.1. The number of amides is 1. The number of hydrogen-bond acceptors (Lipinski definition) is 5. The molecule has 2 aromatic carbocycles. The fraction of sp³-hybridized carbons (Fsp3) is 0.300. The number of fused-ring (bicyclic) bond motifs is 1. The monoisotopic (exact) mass is 454 g/mol. The van der Waals surface area contributed by atoms with Crippen molar-refractivity contribution in [3.05, 3.63) is 58.6 Å². The Labute approximate surface area is 179 Å². The van der Waals surface area contributed by atoms with Crippen molar-refractivity contribution in [3.8, 4) is 0 Å². The third-order valence-electron chi connectivity index (χ3n) is 5.26. The molecule has 0 radical (unpaired) electrons. The summed E-state index contributed by atoms with van der Waals surface area (Å²) in [6.45, 7) is 0.268. The molecule has 0 bridgehead atoms. The van der Waals surface area contributed by atoms with Gasteiger partial charge in [0, 0.05) is 18.5 Å². The highest BCUT2D eigenvalue weighted by molar-refractivity contribution is 6.31. The Bertz CT molecular complexity index is 1110. The van der Waals surface area contributed by atoms with Crippen LogP contribution in [0.3, 0.4) is 0 Å². The van der Waals surface area contributed by atoms with E-state index in [1.807, 2.05) is 12.1 Å².